The normalized spacial score (nSPS) is 43.3. The maximum absolute atomic E-state index is 14.6. The van der Waals surface area contributed by atoms with E-state index in [0.717, 1.165) is 50.5 Å². The van der Waals surface area contributed by atoms with Crippen molar-refractivity contribution in [3.8, 4) is 0 Å². The molecule has 0 amide bonds. The number of Topliss-reactive ketones (excluding diaryl/α,β-unsaturated/α-hetero) is 1. The van der Waals surface area contributed by atoms with Crippen LogP contribution in [0, 0.1) is 51.4 Å². The van der Waals surface area contributed by atoms with E-state index in [-0.39, 0.29) is 57.2 Å². The van der Waals surface area contributed by atoms with Gasteiger partial charge in [0, 0.05) is 16.7 Å². The predicted molar refractivity (Wildman–Crippen MR) is 148 cm³/mol. The minimum atomic E-state index is -0.789. The molecule has 0 radical (unpaired) electrons. The quantitative estimate of drug-likeness (QED) is 0.362. The number of carbonyl (C=O) groups excluding carboxylic acids is 2. The highest BCUT2D eigenvalue weighted by molar-refractivity contribution is 6.03. The van der Waals surface area contributed by atoms with Crippen LogP contribution < -0.4 is 0 Å². The summed E-state index contributed by atoms with van der Waals surface area (Å²) in [5.41, 5.74) is -0.884. The van der Waals surface area contributed by atoms with Gasteiger partial charge in [0.15, 0.2) is 18.2 Å². The number of allylic oxidation sites excluding steroid dienone is 4. The van der Waals surface area contributed by atoms with Crippen LogP contribution in [0.5, 0.6) is 0 Å². The summed E-state index contributed by atoms with van der Waals surface area (Å²) in [6.45, 7) is 22.3. The molecular formula is C33H42FN3O3. The van der Waals surface area contributed by atoms with E-state index in [4.69, 9.17) is 11.0 Å². The molecular weight excluding hydrogens is 505 g/mol. The Kier molecular flexibility index (Phi) is 5.67. The van der Waals surface area contributed by atoms with Crippen LogP contribution >= 0.6 is 0 Å². The first-order valence-electron chi connectivity index (χ1n) is 14.9. The molecule has 0 N–H and O–H groups in total. The molecule has 3 saturated carbocycles. The molecule has 0 spiro atoms. The molecule has 6 rings (SSSR count). The fraction of sp³-hybridized carbons (Fsp3) is 0.727. The molecule has 214 valence electrons. The molecule has 6 nitrogen and oxygen atoms in total. The van der Waals surface area contributed by atoms with Crippen LogP contribution in [0.4, 0.5) is 4.39 Å². The molecule has 40 heavy (non-hydrogen) atoms. The summed E-state index contributed by atoms with van der Waals surface area (Å²) < 4.78 is 19.4. The first-order valence-corrected chi connectivity index (χ1v) is 14.9. The first kappa shape index (κ1) is 27.5. The average molecular weight is 548 g/mol. The van der Waals surface area contributed by atoms with E-state index in [0.29, 0.717) is 5.89 Å². The molecule has 0 saturated heterocycles. The lowest BCUT2D eigenvalue weighted by Crippen LogP contribution is -2.65. The predicted octanol–water partition coefficient (Wildman–Crippen LogP) is 7.36. The van der Waals surface area contributed by atoms with Gasteiger partial charge in [-0.05, 0) is 79.1 Å². The Morgan fingerprint density at radius 1 is 1.02 bits per heavy atom. The van der Waals surface area contributed by atoms with Gasteiger partial charge in [-0.15, -0.1) is 10.2 Å². The molecule has 0 bridgehead atoms. The number of fused-ring (bicyclic) bond motifs is 7. The van der Waals surface area contributed by atoms with Gasteiger partial charge in [-0.2, -0.15) is 0 Å². The Morgan fingerprint density at radius 2 is 1.73 bits per heavy atom. The van der Waals surface area contributed by atoms with Crippen molar-refractivity contribution in [1.82, 2.24) is 10.2 Å². The third kappa shape index (κ3) is 3.25. The summed E-state index contributed by atoms with van der Waals surface area (Å²) in [7, 11) is 0. The molecule has 0 unspecified atom stereocenters. The SMILES string of the molecule is [C-]#[N+]C1=C[C@]2(C)C3=CC(=O)[C@@H]4[C@@H]5CC(C)(C)CC[C@]5(c5nnc(CF)o5)CC[C@@]4(C)[C@]3(C)CC[C@H]2C(C)(C)C1=O. The second kappa shape index (κ2) is 8.23. The van der Waals surface area contributed by atoms with Crippen LogP contribution in [-0.2, 0) is 21.7 Å². The lowest BCUT2D eigenvalue weighted by molar-refractivity contribution is -0.161. The molecule has 1 aromatic heterocycles. The number of rotatable bonds is 2. The highest BCUT2D eigenvalue weighted by Gasteiger charge is 2.70. The van der Waals surface area contributed by atoms with Crippen molar-refractivity contribution in [1.29, 1.82) is 0 Å². The summed E-state index contributed by atoms with van der Waals surface area (Å²) >= 11 is 0. The molecule has 1 aromatic rings. The van der Waals surface area contributed by atoms with Crippen LogP contribution in [0.1, 0.15) is 105 Å². The molecule has 7 heteroatoms. The monoisotopic (exact) mass is 547 g/mol. The van der Waals surface area contributed by atoms with Crippen LogP contribution in [0.15, 0.2) is 27.8 Å². The van der Waals surface area contributed by atoms with Gasteiger partial charge in [0.05, 0.1) is 12.0 Å². The highest BCUT2D eigenvalue weighted by Crippen LogP contribution is 2.74. The zero-order chi connectivity index (χ0) is 29.1. The average Bonchev–Trinajstić information content (AvgIpc) is 3.37. The molecule has 5 aliphatic rings. The minimum Gasteiger partial charge on any atom is -0.422 e. The molecule has 3 fully saturated rings. The van der Waals surface area contributed by atoms with Crippen LogP contribution in [0.25, 0.3) is 4.85 Å². The fourth-order valence-corrected chi connectivity index (χ4v) is 10.5. The maximum atomic E-state index is 14.6. The molecule has 7 atom stereocenters. The number of ketones is 2. The van der Waals surface area contributed by atoms with E-state index in [1.54, 1.807) is 0 Å². The highest BCUT2D eigenvalue weighted by atomic mass is 19.1. The van der Waals surface area contributed by atoms with Gasteiger partial charge in [-0.25, -0.2) is 9.24 Å². The smallest absolute Gasteiger partial charge is 0.247 e. The van der Waals surface area contributed by atoms with E-state index in [9.17, 15) is 14.0 Å². The van der Waals surface area contributed by atoms with Gasteiger partial charge in [0.25, 0.3) is 0 Å². The van der Waals surface area contributed by atoms with Crippen molar-refractivity contribution >= 4 is 11.6 Å². The third-order valence-corrected chi connectivity index (χ3v) is 12.8. The van der Waals surface area contributed by atoms with Gasteiger partial charge < -0.3 is 9.21 Å². The Bertz CT molecular complexity index is 1410. The van der Waals surface area contributed by atoms with Gasteiger partial charge in [-0.1, -0.05) is 60.1 Å². The summed E-state index contributed by atoms with van der Waals surface area (Å²) in [6, 6.07) is 0. The van der Waals surface area contributed by atoms with Crippen molar-refractivity contribution in [2.75, 3.05) is 0 Å². The summed E-state index contributed by atoms with van der Waals surface area (Å²) in [4.78, 5) is 31.5. The Hall–Kier alpha value is -2.62. The molecule has 0 aromatic carbocycles. The van der Waals surface area contributed by atoms with E-state index in [1.807, 2.05) is 26.0 Å². The van der Waals surface area contributed by atoms with E-state index in [1.165, 1.54) is 0 Å². The summed E-state index contributed by atoms with van der Waals surface area (Å²) in [5, 5.41) is 8.37. The lowest BCUT2D eigenvalue weighted by Gasteiger charge is -2.69. The summed E-state index contributed by atoms with van der Waals surface area (Å²) in [5.74, 6) is 0.379. The molecule has 1 heterocycles. The van der Waals surface area contributed by atoms with Gasteiger partial charge in [0.2, 0.25) is 17.5 Å². The van der Waals surface area contributed by atoms with Crippen LogP contribution in [0.2, 0.25) is 0 Å². The third-order valence-electron chi connectivity index (χ3n) is 12.8. The van der Waals surface area contributed by atoms with Gasteiger partial charge in [0.1, 0.15) is 0 Å². The number of carbonyl (C=O) groups is 2. The summed E-state index contributed by atoms with van der Waals surface area (Å²) in [6.07, 6.45) is 9.92. The minimum absolute atomic E-state index is 0.00788. The number of aromatic nitrogens is 2. The number of halogens is 1. The number of hydrogen-bond acceptors (Lipinski definition) is 5. The Labute approximate surface area is 237 Å². The Morgan fingerprint density at radius 3 is 2.38 bits per heavy atom. The first-order chi connectivity index (χ1) is 18.6. The Balaban J connectivity index is 1.53. The fourth-order valence-electron chi connectivity index (χ4n) is 10.5. The van der Waals surface area contributed by atoms with Crippen molar-refractivity contribution in [3.05, 3.63) is 46.6 Å². The van der Waals surface area contributed by atoms with Gasteiger partial charge >= 0.3 is 0 Å². The standard InChI is InChI=1S/C33H42FN3O3/c1-28(2)11-13-33(27-37-36-24(18-34)40-27)14-12-32(7)25(19(33)16-28)21(38)15-23-30(5)17-20(35-8)26(39)29(3,4)22(30)9-10-31(23,32)6/h15,17,19,22,25H,9-14,16,18H2,1-7H3/t19-,22-,25-,30-,31+,32+,33-/m0/s1. The van der Waals surface area contributed by atoms with E-state index >= 15 is 0 Å². The van der Waals surface area contributed by atoms with Crippen LogP contribution in [-0.4, -0.2) is 21.8 Å². The van der Waals surface area contributed by atoms with Crippen molar-refractivity contribution in [2.45, 2.75) is 106 Å². The topological polar surface area (TPSA) is 77.4 Å². The largest absolute Gasteiger partial charge is 0.422 e. The zero-order valence-corrected chi connectivity index (χ0v) is 25.0. The van der Waals surface area contributed by atoms with Crippen molar-refractivity contribution in [3.63, 3.8) is 0 Å². The number of hydrogen-bond donors (Lipinski definition) is 0. The van der Waals surface area contributed by atoms with Crippen LogP contribution in [0.3, 0.4) is 0 Å². The molecule has 5 aliphatic carbocycles. The maximum Gasteiger partial charge on any atom is 0.247 e. The second-order valence-electron chi connectivity index (χ2n) is 15.5. The number of alkyl halides is 1. The van der Waals surface area contributed by atoms with Crippen molar-refractivity contribution in [2.24, 2.45) is 44.8 Å². The van der Waals surface area contributed by atoms with Crippen molar-refractivity contribution < 1.29 is 18.4 Å². The second-order valence-corrected chi connectivity index (χ2v) is 15.5. The molecule has 0 aliphatic heterocycles. The van der Waals surface area contributed by atoms with E-state index in [2.05, 4.69) is 49.7 Å². The zero-order valence-electron chi connectivity index (χ0n) is 25.0. The van der Waals surface area contributed by atoms with Gasteiger partial charge in [-0.3, -0.25) is 4.79 Å². The number of nitrogens with zero attached hydrogens (tertiary/aromatic N) is 3. The van der Waals surface area contributed by atoms with E-state index < -0.39 is 22.9 Å². The lowest BCUT2D eigenvalue weighted by atomic mass is 9.34.